The van der Waals surface area contributed by atoms with E-state index in [9.17, 15) is 4.79 Å². The Morgan fingerprint density at radius 1 is 1.33 bits per heavy atom. The molecule has 0 aliphatic carbocycles. The van der Waals surface area contributed by atoms with Crippen LogP contribution in [0.3, 0.4) is 0 Å². The van der Waals surface area contributed by atoms with E-state index >= 15 is 0 Å². The van der Waals surface area contributed by atoms with Gasteiger partial charge in [-0.2, -0.15) is 0 Å². The van der Waals surface area contributed by atoms with Gasteiger partial charge < -0.3 is 10.1 Å². The molecule has 3 aromatic rings. The summed E-state index contributed by atoms with van der Waals surface area (Å²) in [6, 6.07) is 10.8. The van der Waals surface area contributed by atoms with Crippen LogP contribution < -0.4 is 15.4 Å². The van der Waals surface area contributed by atoms with Crippen LogP contribution in [0.1, 0.15) is 29.3 Å². The molecule has 2 N–H and O–H groups in total. The van der Waals surface area contributed by atoms with Gasteiger partial charge in [-0.25, -0.2) is 4.98 Å². The molecule has 0 radical (unpaired) electrons. The van der Waals surface area contributed by atoms with Crippen molar-refractivity contribution in [3.05, 3.63) is 52.5 Å². The molecule has 0 saturated carbocycles. The summed E-state index contributed by atoms with van der Waals surface area (Å²) >= 11 is 12.8. The van der Waals surface area contributed by atoms with Gasteiger partial charge in [0, 0.05) is 10.6 Å². The molecule has 0 saturated heterocycles. The van der Waals surface area contributed by atoms with Gasteiger partial charge in [-0.05, 0) is 61.5 Å². The zero-order valence-corrected chi connectivity index (χ0v) is 17.2. The number of carbonyl (C=O) groups is 1. The maximum absolute atomic E-state index is 12.4. The van der Waals surface area contributed by atoms with Crippen molar-refractivity contribution in [2.24, 2.45) is 0 Å². The monoisotopic (exact) mass is 419 g/mol. The highest BCUT2D eigenvalue weighted by atomic mass is 35.5. The van der Waals surface area contributed by atoms with Gasteiger partial charge in [0.05, 0.1) is 16.8 Å². The third-order valence-electron chi connectivity index (χ3n) is 3.69. The van der Waals surface area contributed by atoms with Crippen LogP contribution in [-0.4, -0.2) is 22.6 Å². The Morgan fingerprint density at radius 2 is 2.15 bits per heavy atom. The lowest BCUT2D eigenvalue weighted by atomic mass is 10.2. The Morgan fingerprint density at radius 3 is 2.93 bits per heavy atom. The molecule has 1 aromatic heterocycles. The molecule has 27 heavy (non-hydrogen) atoms. The van der Waals surface area contributed by atoms with E-state index in [-0.39, 0.29) is 11.0 Å². The fourth-order valence-electron chi connectivity index (χ4n) is 2.35. The van der Waals surface area contributed by atoms with E-state index in [1.54, 1.807) is 18.2 Å². The number of thiocarbonyl (C=S) groups is 1. The third kappa shape index (κ3) is 4.94. The summed E-state index contributed by atoms with van der Waals surface area (Å²) in [6.45, 7) is 4.57. The van der Waals surface area contributed by atoms with Gasteiger partial charge in [0.2, 0.25) is 0 Å². The molecule has 0 fully saturated rings. The van der Waals surface area contributed by atoms with Crippen LogP contribution in [0.25, 0.3) is 10.2 Å². The number of aryl methyl sites for hydroxylation is 1. The average molecular weight is 420 g/mol. The van der Waals surface area contributed by atoms with Crippen molar-refractivity contribution < 1.29 is 9.53 Å². The number of ether oxygens (including phenoxy) is 1. The fourth-order valence-corrected chi connectivity index (χ4v) is 3.72. The number of hydrogen-bond donors (Lipinski definition) is 2. The van der Waals surface area contributed by atoms with Crippen LogP contribution in [0.4, 0.5) is 5.13 Å². The molecule has 140 valence electrons. The van der Waals surface area contributed by atoms with Gasteiger partial charge in [0.1, 0.15) is 5.75 Å². The van der Waals surface area contributed by atoms with E-state index < -0.39 is 0 Å². The number of benzene rings is 2. The van der Waals surface area contributed by atoms with Gasteiger partial charge in [-0.15, -0.1) is 0 Å². The zero-order valence-electron chi connectivity index (χ0n) is 14.8. The predicted octanol–water partition coefficient (Wildman–Crippen LogP) is 5.17. The smallest absolute Gasteiger partial charge is 0.257 e. The predicted molar refractivity (Wildman–Crippen MR) is 115 cm³/mol. The Hall–Kier alpha value is -2.22. The summed E-state index contributed by atoms with van der Waals surface area (Å²) in [7, 11) is 0. The van der Waals surface area contributed by atoms with E-state index in [0.29, 0.717) is 28.1 Å². The minimum Gasteiger partial charge on any atom is -0.494 e. The molecular formula is C19H18ClN3O2S2. The van der Waals surface area contributed by atoms with Crippen LogP contribution in [0.2, 0.25) is 5.02 Å². The number of amides is 1. The summed E-state index contributed by atoms with van der Waals surface area (Å²) < 4.78 is 6.55. The highest BCUT2D eigenvalue weighted by molar-refractivity contribution is 7.80. The quantitative estimate of drug-likeness (QED) is 0.558. The number of rotatable bonds is 5. The van der Waals surface area contributed by atoms with Crippen LogP contribution >= 0.6 is 35.2 Å². The SMILES string of the molecule is CCCOc1cccc(C(=O)NC(=S)Nc2nc3cc(Cl)c(C)cc3s2)c1. The normalized spacial score (nSPS) is 10.6. The number of fused-ring (bicyclic) bond motifs is 1. The molecule has 0 spiro atoms. The number of nitrogens with zero attached hydrogens (tertiary/aromatic N) is 1. The van der Waals surface area contributed by atoms with Crippen molar-refractivity contribution in [2.45, 2.75) is 20.3 Å². The number of thiazole rings is 1. The second-order valence-electron chi connectivity index (χ2n) is 5.87. The lowest BCUT2D eigenvalue weighted by Gasteiger charge is -2.09. The average Bonchev–Trinajstić information content (AvgIpc) is 3.01. The van der Waals surface area contributed by atoms with Crippen molar-refractivity contribution in [3.8, 4) is 5.75 Å². The van der Waals surface area contributed by atoms with Crippen molar-refractivity contribution >= 4 is 61.5 Å². The lowest BCUT2D eigenvalue weighted by molar-refractivity contribution is 0.0977. The van der Waals surface area contributed by atoms with E-state index in [1.807, 2.05) is 32.0 Å². The van der Waals surface area contributed by atoms with Crippen molar-refractivity contribution in [1.29, 1.82) is 0 Å². The van der Waals surface area contributed by atoms with E-state index in [1.165, 1.54) is 11.3 Å². The second-order valence-corrected chi connectivity index (χ2v) is 7.72. The number of halogens is 1. The Balaban J connectivity index is 1.66. The van der Waals surface area contributed by atoms with Gasteiger partial charge in [0.25, 0.3) is 5.91 Å². The number of anilines is 1. The van der Waals surface area contributed by atoms with Crippen LogP contribution in [-0.2, 0) is 0 Å². The van der Waals surface area contributed by atoms with Gasteiger partial charge >= 0.3 is 0 Å². The van der Waals surface area contributed by atoms with Crippen molar-refractivity contribution in [1.82, 2.24) is 10.3 Å². The first kappa shape index (κ1) is 19.5. The lowest BCUT2D eigenvalue weighted by Crippen LogP contribution is -2.34. The molecular weight excluding hydrogens is 402 g/mol. The molecule has 1 amide bonds. The van der Waals surface area contributed by atoms with Crippen LogP contribution in [0, 0.1) is 6.92 Å². The first-order valence-electron chi connectivity index (χ1n) is 8.38. The molecule has 2 aromatic carbocycles. The Kier molecular flexibility index (Phi) is 6.26. The molecule has 8 heteroatoms. The largest absolute Gasteiger partial charge is 0.494 e. The number of carbonyl (C=O) groups excluding carboxylic acids is 1. The summed E-state index contributed by atoms with van der Waals surface area (Å²) in [5.74, 6) is 0.344. The summed E-state index contributed by atoms with van der Waals surface area (Å²) in [5, 5.41) is 7.06. The number of hydrogen-bond acceptors (Lipinski definition) is 5. The van der Waals surface area contributed by atoms with E-state index in [4.69, 9.17) is 28.6 Å². The minimum absolute atomic E-state index is 0.182. The molecule has 0 aliphatic rings. The van der Waals surface area contributed by atoms with Crippen molar-refractivity contribution in [2.75, 3.05) is 11.9 Å². The number of nitrogens with one attached hydrogen (secondary N) is 2. The summed E-state index contributed by atoms with van der Waals surface area (Å²) in [5.41, 5.74) is 2.24. The van der Waals surface area contributed by atoms with E-state index in [0.717, 1.165) is 22.2 Å². The maximum atomic E-state index is 12.4. The van der Waals surface area contributed by atoms with Gasteiger partial charge in [0.15, 0.2) is 10.2 Å². The van der Waals surface area contributed by atoms with Gasteiger partial charge in [-0.1, -0.05) is 35.9 Å². The molecule has 0 unspecified atom stereocenters. The first-order valence-corrected chi connectivity index (χ1v) is 9.98. The van der Waals surface area contributed by atoms with Crippen LogP contribution in [0.5, 0.6) is 5.75 Å². The number of aromatic nitrogens is 1. The standard InChI is InChI=1S/C19H18ClN3O2S2/c1-3-7-25-13-6-4-5-12(9-13)17(24)22-18(26)23-19-21-15-10-14(20)11(2)8-16(15)27-19/h4-6,8-10H,3,7H2,1-2H3,(H2,21,22,23,24,26). The highest BCUT2D eigenvalue weighted by Crippen LogP contribution is 2.30. The van der Waals surface area contributed by atoms with Crippen LogP contribution in [0.15, 0.2) is 36.4 Å². The molecule has 1 heterocycles. The molecule has 3 rings (SSSR count). The zero-order chi connectivity index (χ0) is 19.4. The first-order chi connectivity index (χ1) is 13.0. The Bertz CT molecular complexity index is 965. The topological polar surface area (TPSA) is 63.2 Å². The third-order valence-corrected chi connectivity index (χ3v) is 5.23. The molecule has 0 atom stereocenters. The summed E-state index contributed by atoms with van der Waals surface area (Å²) in [6.07, 6.45) is 0.900. The minimum atomic E-state index is -0.311. The van der Waals surface area contributed by atoms with E-state index in [2.05, 4.69) is 15.6 Å². The van der Waals surface area contributed by atoms with Gasteiger partial charge in [-0.3, -0.25) is 10.1 Å². The Labute approximate surface area is 171 Å². The second kappa shape index (κ2) is 8.65. The summed E-state index contributed by atoms with van der Waals surface area (Å²) in [4.78, 5) is 16.9. The van der Waals surface area contributed by atoms with Crippen molar-refractivity contribution in [3.63, 3.8) is 0 Å². The maximum Gasteiger partial charge on any atom is 0.257 e. The molecule has 5 nitrogen and oxygen atoms in total. The fraction of sp³-hybridized carbons (Fsp3) is 0.211. The molecule has 0 bridgehead atoms. The highest BCUT2D eigenvalue weighted by Gasteiger charge is 2.12. The molecule has 0 aliphatic heterocycles.